The zero-order valence-electron chi connectivity index (χ0n) is 13.2. The van der Waals surface area contributed by atoms with Gasteiger partial charge in [0.15, 0.2) is 0 Å². The summed E-state index contributed by atoms with van der Waals surface area (Å²) in [7, 11) is 1.73. The number of amides is 1. The number of nitrogens with zero attached hydrogens (tertiary/aromatic N) is 1. The van der Waals surface area contributed by atoms with E-state index in [4.69, 9.17) is 4.74 Å². The molecule has 3 nitrogen and oxygen atoms in total. The van der Waals surface area contributed by atoms with Crippen molar-refractivity contribution in [3.05, 3.63) is 0 Å². The van der Waals surface area contributed by atoms with Gasteiger partial charge in [-0.05, 0) is 37.0 Å². The number of ether oxygens (including phenoxy) is 1. The van der Waals surface area contributed by atoms with Crippen molar-refractivity contribution in [2.24, 2.45) is 11.3 Å². The molecular formula is C16H31NO2. The van der Waals surface area contributed by atoms with Crippen LogP contribution in [0, 0.1) is 11.3 Å². The van der Waals surface area contributed by atoms with Crippen LogP contribution in [0.3, 0.4) is 0 Å². The largest absolute Gasteiger partial charge is 0.385 e. The first kappa shape index (κ1) is 16.5. The van der Waals surface area contributed by atoms with Gasteiger partial charge in [-0.25, -0.2) is 0 Å². The molecule has 0 aromatic carbocycles. The van der Waals surface area contributed by atoms with Crippen LogP contribution in [-0.4, -0.2) is 37.6 Å². The van der Waals surface area contributed by atoms with E-state index in [9.17, 15) is 4.79 Å². The summed E-state index contributed by atoms with van der Waals surface area (Å²) in [6, 6.07) is 0. The normalized spacial score (nSPS) is 17.8. The second kappa shape index (κ2) is 7.88. The molecule has 1 fully saturated rings. The molecule has 112 valence electrons. The third kappa shape index (κ3) is 5.94. The third-order valence-corrected chi connectivity index (χ3v) is 4.31. The fraction of sp³-hybridized carbons (Fsp3) is 0.938. The second-order valence-electron chi connectivity index (χ2n) is 6.82. The average molecular weight is 269 g/mol. The summed E-state index contributed by atoms with van der Waals surface area (Å²) < 4.78 is 5.01. The van der Waals surface area contributed by atoms with Crippen molar-refractivity contribution >= 4 is 5.91 Å². The molecule has 0 atom stereocenters. The number of carbonyl (C=O) groups excluding carboxylic acids is 1. The molecular weight excluding hydrogens is 238 g/mol. The molecule has 1 aliphatic heterocycles. The van der Waals surface area contributed by atoms with Crippen molar-refractivity contribution < 1.29 is 9.53 Å². The van der Waals surface area contributed by atoms with Gasteiger partial charge in [0.2, 0.25) is 5.91 Å². The van der Waals surface area contributed by atoms with Crippen LogP contribution in [0.2, 0.25) is 0 Å². The first-order chi connectivity index (χ1) is 8.95. The molecule has 0 saturated carbocycles. The van der Waals surface area contributed by atoms with Crippen molar-refractivity contribution in [2.75, 3.05) is 26.8 Å². The van der Waals surface area contributed by atoms with Gasteiger partial charge in [-0.1, -0.05) is 27.2 Å². The molecule has 0 bridgehead atoms. The maximum Gasteiger partial charge on any atom is 0.222 e. The summed E-state index contributed by atoms with van der Waals surface area (Å²) in [5.74, 6) is 1.11. The van der Waals surface area contributed by atoms with Crippen LogP contribution < -0.4 is 0 Å². The molecule has 1 heterocycles. The van der Waals surface area contributed by atoms with E-state index in [0.29, 0.717) is 17.7 Å². The van der Waals surface area contributed by atoms with Crippen LogP contribution >= 0.6 is 0 Å². The first-order valence-electron chi connectivity index (χ1n) is 7.72. The smallest absolute Gasteiger partial charge is 0.222 e. The maximum atomic E-state index is 12.1. The topological polar surface area (TPSA) is 29.5 Å². The van der Waals surface area contributed by atoms with E-state index in [1.807, 2.05) is 0 Å². The molecule has 0 N–H and O–H groups in total. The van der Waals surface area contributed by atoms with Gasteiger partial charge in [0, 0.05) is 33.2 Å². The summed E-state index contributed by atoms with van der Waals surface area (Å²) in [6.07, 6.45) is 6.21. The van der Waals surface area contributed by atoms with E-state index in [1.165, 1.54) is 12.8 Å². The standard InChI is InChI=1S/C16H31NO2/c1-16(2,3)14-9-11-17(12-10-14)15(18)8-6-5-7-13-19-4/h14H,5-13H2,1-4H3. The van der Waals surface area contributed by atoms with Crippen molar-refractivity contribution in [3.63, 3.8) is 0 Å². The quantitative estimate of drug-likeness (QED) is 0.691. The molecule has 19 heavy (non-hydrogen) atoms. The third-order valence-electron chi connectivity index (χ3n) is 4.31. The first-order valence-corrected chi connectivity index (χ1v) is 7.72. The van der Waals surface area contributed by atoms with Crippen molar-refractivity contribution in [1.82, 2.24) is 4.90 Å². The lowest BCUT2D eigenvalue weighted by molar-refractivity contribution is -0.133. The van der Waals surface area contributed by atoms with Crippen LogP contribution in [0.5, 0.6) is 0 Å². The molecule has 0 aromatic heterocycles. The summed E-state index contributed by atoms with van der Waals surface area (Å²) in [5, 5.41) is 0. The molecule has 3 heteroatoms. The number of hydrogen-bond acceptors (Lipinski definition) is 2. The van der Waals surface area contributed by atoms with Crippen molar-refractivity contribution in [1.29, 1.82) is 0 Å². The Labute approximate surface area is 118 Å². The Morgan fingerprint density at radius 2 is 1.79 bits per heavy atom. The second-order valence-corrected chi connectivity index (χ2v) is 6.82. The van der Waals surface area contributed by atoms with E-state index < -0.39 is 0 Å². The lowest BCUT2D eigenvalue weighted by Gasteiger charge is -2.38. The van der Waals surface area contributed by atoms with Crippen LogP contribution in [-0.2, 0) is 9.53 Å². The average Bonchev–Trinajstić information content (AvgIpc) is 2.37. The molecule has 0 unspecified atom stereocenters. The Balaban J connectivity index is 2.18. The van der Waals surface area contributed by atoms with E-state index in [0.717, 1.165) is 44.9 Å². The highest BCUT2D eigenvalue weighted by molar-refractivity contribution is 5.76. The Hall–Kier alpha value is -0.570. The van der Waals surface area contributed by atoms with Gasteiger partial charge in [0.1, 0.15) is 0 Å². The Kier molecular flexibility index (Phi) is 6.84. The minimum absolute atomic E-state index is 0.352. The van der Waals surface area contributed by atoms with Crippen LogP contribution in [0.1, 0.15) is 59.3 Å². The zero-order chi connectivity index (χ0) is 14.3. The summed E-state index contributed by atoms with van der Waals surface area (Å²) >= 11 is 0. The van der Waals surface area contributed by atoms with Crippen LogP contribution in [0.25, 0.3) is 0 Å². The van der Waals surface area contributed by atoms with E-state index in [2.05, 4.69) is 25.7 Å². The van der Waals surface area contributed by atoms with Gasteiger partial charge >= 0.3 is 0 Å². The molecule has 0 radical (unpaired) electrons. The molecule has 0 aromatic rings. The van der Waals surface area contributed by atoms with Crippen LogP contribution in [0.4, 0.5) is 0 Å². The predicted octanol–water partition coefficient (Wildman–Crippen LogP) is 3.48. The van der Waals surface area contributed by atoms with Gasteiger partial charge in [0.25, 0.3) is 0 Å². The monoisotopic (exact) mass is 269 g/mol. The zero-order valence-corrected chi connectivity index (χ0v) is 13.2. The van der Waals surface area contributed by atoms with E-state index in [-0.39, 0.29) is 0 Å². The lowest BCUT2D eigenvalue weighted by Crippen LogP contribution is -2.41. The Morgan fingerprint density at radius 1 is 1.16 bits per heavy atom. The fourth-order valence-corrected chi connectivity index (χ4v) is 2.85. The summed E-state index contributed by atoms with van der Waals surface area (Å²) in [5.41, 5.74) is 0.384. The highest BCUT2D eigenvalue weighted by atomic mass is 16.5. The SMILES string of the molecule is COCCCCCC(=O)N1CCC(C(C)(C)C)CC1. The number of hydrogen-bond donors (Lipinski definition) is 0. The number of piperidine rings is 1. The van der Waals surface area contributed by atoms with E-state index >= 15 is 0 Å². The molecule has 1 rings (SSSR count). The Morgan fingerprint density at radius 3 is 2.32 bits per heavy atom. The molecule has 0 spiro atoms. The number of likely N-dealkylation sites (tertiary alicyclic amines) is 1. The Bertz CT molecular complexity index is 262. The number of methoxy groups -OCH3 is 1. The minimum Gasteiger partial charge on any atom is -0.385 e. The van der Waals surface area contributed by atoms with E-state index in [1.54, 1.807) is 7.11 Å². The summed E-state index contributed by atoms with van der Waals surface area (Å²) in [6.45, 7) is 9.66. The predicted molar refractivity (Wildman–Crippen MR) is 79.1 cm³/mol. The van der Waals surface area contributed by atoms with Gasteiger partial charge in [0.05, 0.1) is 0 Å². The van der Waals surface area contributed by atoms with Gasteiger partial charge in [-0.2, -0.15) is 0 Å². The lowest BCUT2D eigenvalue weighted by atomic mass is 9.75. The number of rotatable bonds is 6. The minimum atomic E-state index is 0.352. The molecule has 1 aliphatic rings. The fourth-order valence-electron chi connectivity index (χ4n) is 2.85. The molecule has 1 amide bonds. The number of carbonyl (C=O) groups is 1. The number of unbranched alkanes of at least 4 members (excludes halogenated alkanes) is 2. The van der Waals surface area contributed by atoms with Crippen molar-refractivity contribution in [2.45, 2.75) is 59.3 Å². The van der Waals surface area contributed by atoms with Gasteiger partial charge < -0.3 is 9.64 Å². The van der Waals surface area contributed by atoms with Crippen LogP contribution in [0.15, 0.2) is 0 Å². The van der Waals surface area contributed by atoms with Crippen molar-refractivity contribution in [3.8, 4) is 0 Å². The highest BCUT2D eigenvalue weighted by Gasteiger charge is 2.29. The molecule has 0 aliphatic carbocycles. The van der Waals surface area contributed by atoms with Gasteiger partial charge in [-0.15, -0.1) is 0 Å². The molecule has 1 saturated heterocycles. The highest BCUT2D eigenvalue weighted by Crippen LogP contribution is 2.34. The summed E-state index contributed by atoms with van der Waals surface area (Å²) in [4.78, 5) is 14.1. The van der Waals surface area contributed by atoms with Gasteiger partial charge in [-0.3, -0.25) is 4.79 Å². The maximum absolute atomic E-state index is 12.1.